The number of rotatable bonds is 3. The summed E-state index contributed by atoms with van der Waals surface area (Å²) in [5.74, 6) is -0.0297. The lowest BCUT2D eigenvalue weighted by Crippen LogP contribution is -2.25. The summed E-state index contributed by atoms with van der Waals surface area (Å²) in [6.45, 7) is 2.11. The molecule has 0 fully saturated rings. The summed E-state index contributed by atoms with van der Waals surface area (Å²) in [7, 11) is -3.77. The van der Waals surface area contributed by atoms with Crippen molar-refractivity contribution in [1.82, 2.24) is 0 Å². The van der Waals surface area contributed by atoms with Gasteiger partial charge >= 0.3 is 0 Å². The quantitative estimate of drug-likeness (QED) is 0.876. The minimum Gasteiger partial charge on any atom is -0.312 e. The SMILES string of the molecule is CC(=O)N1CCc2cc(NS(=O)(=O)c3ccc(Cl)c(Cl)c3)ccc21. The number of halogens is 2. The second kappa shape index (κ2) is 6.27. The van der Waals surface area contributed by atoms with Crippen molar-refractivity contribution in [3.05, 3.63) is 52.0 Å². The van der Waals surface area contributed by atoms with Gasteiger partial charge in [0.25, 0.3) is 10.0 Å². The molecule has 1 N–H and O–H groups in total. The predicted molar refractivity (Wildman–Crippen MR) is 95.4 cm³/mol. The summed E-state index contributed by atoms with van der Waals surface area (Å²) < 4.78 is 27.4. The summed E-state index contributed by atoms with van der Waals surface area (Å²) >= 11 is 11.7. The highest BCUT2D eigenvalue weighted by atomic mass is 35.5. The van der Waals surface area contributed by atoms with Crippen LogP contribution in [-0.2, 0) is 21.2 Å². The smallest absolute Gasteiger partial charge is 0.261 e. The first-order valence-corrected chi connectivity index (χ1v) is 9.41. The van der Waals surface area contributed by atoms with Crippen LogP contribution in [0, 0.1) is 0 Å². The third-order valence-electron chi connectivity index (χ3n) is 3.81. The fourth-order valence-electron chi connectivity index (χ4n) is 2.65. The number of amides is 1. The van der Waals surface area contributed by atoms with E-state index in [1.165, 1.54) is 25.1 Å². The van der Waals surface area contributed by atoms with Gasteiger partial charge in [-0.1, -0.05) is 23.2 Å². The van der Waals surface area contributed by atoms with Gasteiger partial charge in [-0.3, -0.25) is 9.52 Å². The van der Waals surface area contributed by atoms with Crippen LogP contribution in [0.2, 0.25) is 10.0 Å². The molecule has 2 aromatic rings. The lowest BCUT2D eigenvalue weighted by atomic mass is 10.1. The minimum atomic E-state index is -3.77. The average Bonchev–Trinajstić information content (AvgIpc) is 2.92. The lowest BCUT2D eigenvalue weighted by Gasteiger charge is -2.15. The molecule has 8 heteroatoms. The Bertz CT molecular complexity index is 929. The van der Waals surface area contributed by atoms with Crippen molar-refractivity contribution in [2.24, 2.45) is 0 Å². The monoisotopic (exact) mass is 384 g/mol. The normalized spacial score (nSPS) is 13.7. The second-order valence-electron chi connectivity index (χ2n) is 5.45. The number of carbonyl (C=O) groups is 1. The van der Waals surface area contributed by atoms with Crippen molar-refractivity contribution in [2.45, 2.75) is 18.2 Å². The van der Waals surface area contributed by atoms with Crippen LogP contribution in [0.3, 0.4) is 0 Å². The molecule has 0 unspecified atom stereocenters. The molecule has 1 aliphatic rings. The molecule has 0 saturated heterocycles. The predicted octanol–water partition coefficient (Wildman–Crippen LogP) is 3.70. The molecule has 24 heavy (non-hydrogen) atoms. The van der Waals surface area contributed by atoms with Crippen molar-refractivity contribution in [3.63, 3.8) is 0 Å². The Hall–Kier alpha value is -1.76. The number of sulfonamides is 1. The molecule has 1 aliphatic heterocycles. The topological polar surface area (TPSA) is 66.5 Å². The molecule has 0 aromatic heterocycles. The van der Waals surface area contributed by atoms with Crippen LogP contribution in [0.25, 0.3) is 0 Å². The average molecular weight is 385 g/mol. The molecule has 3 rings (SSSR count). The second-order valence-corrected chi connectivity index (χ2v) is 7.94. The standard InChI is InChI=1S/C16H14Cl2N2O3S/c1-10(21)20-7-6-11-8-12(2-5-16(11)20)19-24(22,23)13-3-4-14(17)15(18)9-13/h2-5,8-9,19H,6-7H2,1H3. The highest BCUT2D eigenvalue weighted by molar-refractivity contribution is 7.92. The number of anilines is 2. The van der Waals surface area contributed by atoms with E-state index in [0.29, 0.717) is 18.7 Å². The van der Waals surface area contributed by atoms with E-state index in [4.69, 9.17) is 23.2 Å². The maximum atomic E-state index is 12.5. The Kier molecular flexibility index (Phi) is 4.46. The first kappa shape index (κ1) is 17.1. The maximum Gasteiger partial charge on any atom is 0.261 e. The molecule has 0 aliphatic carbocycles. The highest BCUT2D eigenvalue weighted by Gasteiger charge is 2.23. The molecule has 1 heterocycles. The third kappa shape index (κ3) is 3.22. The Morgan fingerprint density at radius 1 is 1.12 bits per heavy atom. The Morgan fingerprint density at radius 2 is 1.88 bits per heavy atom. The van der Waals surface area contributed by atoms with Crippen LogP contribution in [0.1, 0.15) is 12.5 Å². The summed E-state index contributed by atoms with van der Waals surface area (Å²) in [4.78, 5) is 13.3. The van der Waals surface area contributed by atoms with E-state index in [9.17, 15) is 13.2 Å². The number of nitrogens with one attached hydrogen (secondary N) is 1. The fraction of sp³-hybridized carbons (Fsp3) is 0.188. The van der Waals surface area contributed by atoms with Crippen LogP contribution >= 0.6 is 23.2 Å². The molecule has 0 bridgehead atoms. The van der Waals surface area contributed by atoms with Gasteiger partial charge < -0.3 is 4.90 Å². The zero-order valence-corrected chi connectivity index (χ0v) is 15.0. The van der Waals surface area contributed by atoms with Gasteiger partial charge in [-0.2, -0.15) is 0 Å². The van der Waals surface area contributed by atoms with Crippen LogP contribution in [0.15, 0.2) is 41.3 Å². The Morgan fingerprint density at radius 3 is 2.54 bits per heavy atom. The van der Waals surface area contributed by atoms with E-state index in [1.807, 2.05) is 0 Å². The van der Waals surface area contributed by atoms with Crippen LogP contribution < -0.4 is 9.62 Å². The highest BCUT2D eigenvalue weighted by Crippen LogP contribution is 2.32. The van der Waals surface area contributed by atoms with Gasteiger partial charge in [-0.15, -0.1) is 0 Å². The van der Waals surface area contributed by atoms with Crippen LogP contribution in [0.5, 0.6) is 0 Å². The van der Waals surface area contributed by atoms with E-state index in [-0.39, 0.29) is 20.8 Å². The molecule has 0 atom stereocenters. The lowest BCUT2D eigenvalue weighted by molar-refractivity contribution is -0.116. The van der Waals surface area contributed by atoms with E-state index in [2.05, 4.69) is 4.72 Å². The first-order valence-electron chi connectivity index (χ1n) is 7.17. The zero-order valence-electron chi connectivity index (χ0n) is 12.7. The third-order valence-corrected chi connectivity index (χ3v) is 5.93. The molecule has 0 spiro atoms. The number of nitrogens with zero attached hydrogens (tertiary/aromatic N) is 1. The molecule has 126 valence electrons. The van der Waals surface area contributed by atoms with Gasteiger partial charge in [-0.25, -0.2) is 8.42 Å². The molecule has 0 radical (unpaired) electrons. The summed E-state index contributed by atoms with van der Waals surface area (Å²) in [6.07, 6.45) is 0.692. The Balaban J connectivity index is 1.88. The van der Waals surface area contributed by atoms with Crippen LogP contribution in [0.4, 0.5) is 11.4 Å². The van der Waals surface area contributed by atoms with Gasteiger partial charge in [0.1, 0.15) is 0 Å². The molecular formula is C16H14Cl2N2O3S. The van der Waals surface area contributed by atoms with Crippen molar-refractivity contribution < 1.29 is 13.2 Å². The fourth-order valence-corrected chi connectivity index (χ4v) is 4.09. The van der Waals surface area contributed by atoms with E-state index < -0.39 is 10.0 Å². The largest absolute Gasteiger partial charge is 0.312 e. The summed E-state index contributed by atoms with van der Waals surface area (Å²) in [5, 5.41) is 0.461. The minimum absolute atomic E-state index is 0.0297. The van der Waals surface area contributed by atoms with E-state index in [0.717, 1.165) is 11.3 Å². The van der Waals surface area contributed by atoms with Crippen LogP contribution in [-0.4, -0.2) is 20.9 Å². The van der Waals surface area contributed by atoms with Crippen molar-refractivity contribution in [3.8, 4) is 0 Å². The van der Waals surface area contributed by atoms with Crippen molar-refractivity contribution >= 4 is 50.5 Å². The molecule has 1 amide bonds. The van der Waals surface area contributed by atoms with Gasteiger partial charge in [0, 0.05) is 24.8 Å². The van der Waals surface area contributed by atoms with Gasteiger partial charge in [0.05, 0.1) is 14.9 Å². The first-order chi connectivity index (χ1) is 11.3. The van der Waals surface area contributed by atoms with E-state index in [1.54, 1.807) is 23.1 Å². The number of hydrogen-bond acceptors (Lipinski definition) is 3. The summed E-state index contributed by atoms with van der Waals surface area (Å²) in [6, 6.07) is 9.25. The molecule has 2 aromatic carbocycles. The number of benzene rings is 2. The van der Waals surface area contributed by atoms with E-state index >= 15 is 0 Å². The molecular weight excluding hydrogens is 371 g/mol. The van der Waals surface area contributed by atoms with Crippen molar-refractivity contribution in [1.29, 1.82) is 0 Å². The van der Waals surface area contributed by atoms with Gasteiger partial charge in [0.15, 0.2) is 0 Å². The zero-order chi connectivity index (χ0) is 17.5. The number of carbonyl (C=O) groups excluding carboxylic acids is 1. The van der Waals surface area contributed by atoms with Crippen molar-refractivity contribution in [2.75, 3.05) is 16.2 Å². The maximum absolute atomic E-state index is 12.5. The summed E-state index contributed by atoms with van der Waals surface area (Å²) in [5.41, 5.74) is 2.18. The number of fused-ring (bicyclic) bond motifs is 1. The molecule has 0 saturated carbocycles. The Labute approximate surface area is 150 Å². The molecule has 5 nitrogen and oxygen atoms in total. The number of hydrogen-bond donors (Lipinski definition) is 1. The van der Waals surface area contributed by atoms with Gasteiger partial charge in [0.2, 0.25) is 5.91 Å². The van der Waals surface area contributed by atoms with Gasteiger partial charge in [-0.05, 0) is 48.4 Å².